The lowest BCUT2D eigenvalue weighted by molar-refractivity contribution is -0.118. The van der Waals surface area contributed by atoms with Crippen molar-refractivity contribution in [1.82, 2.24) is 0 Å². The number of Topliss-reactive ketones (excluding diaryl/α,β-unsaturated/α-hetero) is 1. The molecule has 0 fully saturated rings. The van der Waals surface area contributed by atoms with E-state index < -0.39 is 0 Å². The first-order valence-electron chi connectivity index (χ1n) is 5.52. The first-order chi connectivity index (χ1) is 7.76. The van der Waals surface area contributed by atoms with Gasteiger partial charge in [0.15, 0.2) is 0 Å². The Labute approximate surface area is 110 Å². The molecule has 0 saturated heterocycles. The number of halogens is 2. The van der Waals surface area contributed by atoms with E-state index in [0.717, 1.165) is 0 Å². The smallest absolute Gasteiger partial charge is 0.137 e. The molecule has 1 rings (SSSR count). The number of ketones is 1. The van der Waals surface area contributed by atoms with Crippen LogP contribution in [-0.2, 0) is 11.2 Å². The van der Waals surface area contributed by atoms with Gasteiger partial charge in [-0.3, -0.25) is 4.79 Å². The third-order valence-corrected chi connectivity index (χ3v) is 2.83. The molecule has 0 aliphatic heterocycles. The Morgan fingerprint density at radius 2 is 2.06 bits per heavy atom. The number of hydrogen-bond donors (Lipinski definition) is 1. The Hall–Kier alpha value is -0.740. The van der Waals surface area contributed by atoms with Gasteiger partial charge in [0.25, 0.3) is 0 Å². The molecule has 0 aromatic heterocycles. The van der Waals surface area contributed by atoms with Crippen LogP contribution >= 0.6 is 15.9 Å². The zero-order chi connectivity index (χ0) is 13.1. The topological polar surface area (TPSA) is 43.1 Å². The molecule has 1 aromatic carbocycles. The molecule has 0 saturated carbocycles. The van der Waals surface area contributed by atoms with E-state index in [0.29, 0.717) is 22.9 Å². The fraction of sp³-hybridized carbons (Fsp3) is 0.462. The number of rotatable bonds is 5. The van der Waals surface area contributed by atoms with Crippen molar-refractivity contribution in [3.8, 4) is 0 Å². The average Bonchev–Trinajstić information content (AvgIpc) is 2.11. The second kappa shape index (κ2) is 5.74. The van der Waals surface area contributed by atoms with Gasteiger partial charge in [-0.2, -0.15) is 0 Å². The third-order valence-electron chi connectivity index (χ3n) is 2.37. The minimum Gasteiger partial charge on any atom is -0.326 e. The maximum atomic E-state index is 13.1. The third kappa shape index (κ3) is 5.94. The highest BCUT2D eigenvalue weighted by Gasteiger charge is 2.13. The molecular weight excluding hydrogens is 285 g/mol. The van der Waals surface area contributed by atoms with Crippen LogP contribution in [0, 0.1) is 5.82 Å². The van der Waals surface area contributed by atoms with Gasteiger partial charge in [0.2, 0.25) is 0 Å². The van der Waals surface area contributed by atoms with Crippen molar-refractivity contribution in [1.29, 1.82) is 0 Å². The van der Waals surface area contributed by atoms with Gasteiger partial charge in [0, 0.05) is 22.9 Å². The Morgan fingerprint density at radius 3 is 2.59 bits per heavy atom. The van der Waals surface area contributed by atoms with Crippen LogP contribution in [0.4, 0.5) is 4.39 Å². The largest absolute Gasteiger partial charge is 0.326 e. The summed E-state index contributed by atoms with van der Waals surface area (Å²) in [5.41, 5.74) is 6.16. The molecule has 4 heteroatoms. The van der Waals surface area contributed by atoms with Crippen LogP contribution in [0.15, 0.2) is 22.7 Å². The fourth-order valence-electron chi connectivity index (χ4n) is 1.49. The summed E-state index contributed by atoms with van der Waals surface area (Å²) in [5, 5.41) is 0. The summed E-state index contributed by atoms with van der Waals surface area (Å²) in [6.07, 6.45) is 1.33. The molecule has 0 heterocycles. The first-order valence-corrected chi connectivity index (χ1v) is 6.31. The van der Waals surface area contributed by atoms with Gasteiger partial charge in [-0.1, -0.05) is 15.9 Å². The Bertz CT molecular complexity index is 392. The molecule has 17 heavy (non-hydrogen) atoms. The molecule has 2 N–H and O–H groups in total. The fourth-order valence-corrected chi connectivity index (χ4v) is 2.00. The van der Waals surface area contributed by atoms with Crippen LogP contribution in [0.3, 0.4) is 0 Å². The maximum Gasteiger partial charge on any atom is 0.137 e. The van der Waals surface area contributed by atoms with Gasteiger partial charge in [-0.05, 0) is 44.0 Å². The average molecular weight is 302 g/mol. The maximum absolute atomic E-state index is 13.1. The Morgan fingerprint density at radius 1 is 1.41 bits per heavy atom. The van der Waals surface area contributed by atoms with Crippen molar-refractivity contribution in [2.45, 2.75) is 38.6 Å². The quantitative estimate of drug-likeness (QED) is 0.907. The van der Waals surface area contributed by atoms with Gasteiger partial charge in [-0.15, -0.1) is 0 Å². The summed E-state index contributed by atoms with van der Waals surface area (Å²) >= 11 is 3.20. The lowest BCUT2D eigenvalue weighted by Crippen LogP contribution is -2.32. The zero-order valence-corrected chi connectivity index (χ0v) is 11.7. The van der Waals surface area contributed by atoms with Crippen LogP contribution < -0.4 is 5.73 Å². The van der Waals surface area contributed by atoms with Crippen molar-refractivity contribution >= 4 is 21.7 Å². The molecule has 0 atom stereocenters. The van der Waals surface area contributed by atoms with E-state index in [-0.39, 0.29) is 23.6 Å². The Kier molecular flexibility index (Phi) is 4.83. The molecule has 94 valence electrons. The van der Waals surface area contributed by atoms with Crippen LogP contribution in [-0.4, -0.2) is 11.3 Å². The number of benzene rings is 1. The van der Waals surface area contributed by atoms with E-state index in [2.05, 4.69) is 15.9 Å². The highest BCUT2D eigenvalue weighted by atomic mass is 79.9. The summed E-state index contributed by atoms with van der Waals surface area (Å²) < 4.78 is 13.7. The van der Waals surface area contributed by atoms with E-state index in [1.54, 1.807) is 6.07 Å². The number of hydrogen-bond acceptors (Lipinski definition) is 2. The molecule has 0 bridgehead atoms. The molecule has 0 spiro atoms. The molecule has 0 aliphatic carbocycles. The van der Waals surface area contributed by atoms with Gasteiger partial charge >= 0.3 is 0 Å². The van der Waals surface area contributed by atoms with Gasteiger partial charge in [0.05, 0.1) is 0 Å². The molecule has 1 aromatic rings. The SMILES string of the molecule is CC(C)(N)CCC(=O)Cc1cc(F)cc(Br)c1. The molecule has 2 nitrogen and oxygen atoms in total. The highest BCUT2D eigenvalue weighted by molar-refractivity contribution is 9.10. The zero-order valence-electron chi connectivity index (χ0n) is 10.1. The van der Waals surface area contributed by atoms with E-state index in [1.807, 2.05) is 13.8 Å². The molecule has 0 unspecified atom stereocenters. The number of nitrogens with two attached hydrogens (primary N) is 1. The monoisotopic (exact) mass is 301 g/mol. The molecular formula is C13H17BrFNO. The van der Waals surface area contributed by atoms with E-state index >= 15 is 0 Å². The van der Waals surface area contributed by atoms with Gasteiger partial charge < -0.3 is 5.73 Å². The van der Waals surface area contributed by atoms with Crippen LogP contribution in [0.2, 0.25) is 0 Å². The second-order valence-electron chi connectivity index (χ2n) is 4.98. The first kappa shape index (κ1) is 14.3. The minimum atomic E-state index is -0.335. The van der Waals surface area contributed by atoms with E-state index in [4.69, 9.17) is 5.73 Å². The molecule has 0 amide bonds. The van der Waals surface area contributed by atoms with Crippen LogP contribution in [0.1, 0.15) is 32.3 Å². The highest BCUT2D eigenvalue weighted by Crippen LogP contribution is 2.16. The van der Waals surface area contributed by atoms with Crippen molar-refractivity contribution < 1.29 is 9.18 Å². The van der Waals surface area contributed by atoms with Crippen molar-refractivity contribution in [3.63, 3.8) is 0 Å². The van der Waals surface area contributed by atoms with Crippen LogP contribution in [0.5, 0.6) is 0 Å². The summed E-state index contributed by atoms with van der Waals surface area (Å²) in [6, 6.07) is 4.52. The summed E-state index contributed by atoms with van der Waals surface area (Å²) in [7, 11) is 0. The summed E-state index contributed by atoms with van der Waals surface area (Å²) in [4.78, 5) is 11.7. The van der Waals surface area contributed by atoms with E-state index in [9.17, 15) is 9.18 Å². The molecule has 0 aliphatic rings. The lowest BCUT2D eigenvalue weighted by atomic mass is 9.96. The second-order valence-corrected chi connectivity index (χ2v) is 5.90. The van der Waals surface area contributed by atoms with Crippen LogP contribution in [0.25, 0.3) is 0 Å². The summed E-state index contributed by atoms with van der Waals surface area (Å²) in [5.74, 6) is -0.248. The Balaban J connectivity index is 2.56. The number of carbonyl (C=O) groups is 1. The predicted molar refractivity (Wildman–Crippen MR) is 70.3 cm³/mol. The predicted octanol–water partition coefficient (Wildman–Crippen LogP) is 3.22. The van der Waals surface area contributed by atoms with Gasteiger partial charge in [-0.25, -0.2) is 4.39 Å². The van der Waals surface area contributed by atoms with E-state index in [1.165, 1.54) is 12.1 Å². The van der Waals surface area contributed by atoms with Gasteiger partial charge in [0.1, 0.15) is 11.6 Å². The summed E-state index contributed by atoms with van der Waals surface area (Å²) in [6.45, 7) is 3.78. The lowest BCUT2D eigenvalue weighted by Gasteiger charge is -2.17. The minimum absolute atomic E-state index is 0.0843. The van der Waals surface area contributed by atoms with Crippen molar-refractivity contribution in [2.75, 3.05) is 0 Å². The number of carbonyl (C=O) groups excluding carboxylic acids is 1. The van der Waals surface area contributed by atoms with Crippen molar-refractivity contribution in [3.05, 3.63) is 34.1 Å². The normalized spacial score (nSPS) is 11.6. The van der Waals surface area contributed by atoms with Crippen molar-refractivity contribution in [2.24, 2.45) is 5.73 Å². The molecule has 0 radical (unpaired) electrons. The standard InChI is InChI=1S/C13H17BrFNO/c1-13(2,16)4-3-12(17)7-9-5-10(14)8-11(15)6-9/h5-6,8H,3-4,7,16H2,1-2H3.